The molecule has 1 fully saturated rings. The van der Waals surface area contributed by atoms with Gasteiger partial charge in [-0.15, -0.1) is 0 Å². The van der Waals surface area contributed by atoms with Crippen LogP contribution in [0.3, 0.4) is 0 Å². The SMILES string of the molecule is COCCN(c1ccc(C)cc1N)C(C)C1CC1. The van der Waals surface area contributed by atoms with Crippen LogP contribution in [0, 0.1) is 12.8 Å². The van der Waals surface area contributed by atoms with E-state index in [1.54, 1.807) is 7.11 Å². The molecule has 0 spiro atoms. The van der Waals surface area contributed by atoms with Gasteiger partial charge in [-0.25, -0.2) is 0 Å². The number of anilines is 2. The fourth-order valence-corrected chi connectivity index (χ4v) is 2.50. The van der Waals surface area contributed by atoms with Crippen LogP contribution in [-0.4, -0.2) is 26.3 Å². The molecule has 1 saturated carbocycles. The van der Waals surface area contributed by atoms with Crippen molar-refractivity contribution < 1.29 is 4.74 Å². The summed E-state index contributed by atoms with van der Waals surface area (Å²) < 4.78 is 5.23. The Morgan fingerprint density at radius 1 is 1.44 bits per heavy atom. The number of nitrogens with zero attached hydrogens (tertiary/aromatic N) is 1. The number of benzene rings is 1. The van der Waals surface area contributed by atoms with Crippen LogP contribution in [0.1, 0.15) is 25.3 Å². The Balaban J connectivity index is 2.20. The summed E-state index contributed by atoms with van der Waals surface area (Å²) in [6, 6.07) is 6.86. The second-order valence-corrected chi connectivity index (χ2v) is 5.33. The van der Waals surface area contributed by atoms with Crippen molar-refractivity contribution >= 4 is 11.4 Å². The Bertz CT molecular complexity index is 401. The van der Waals surface area contributed by atoms with Crippen LogP contribution < -0.4 is 10.6 Å². The van der Waals surface area contributed by atoms with Crippen molar-refractivity contribution in [2.75, 3.05) is 30.9 Å². The molecule has 1 aromatic rings. The van der Waals surface area contributed by atoms with Crippen LogP contribution in [0.2, 0.25) is 0 Å². The second-order valence-electron chi connectivity index (χ2n) is 5.33. The van der Waals surface area contributed by atoms with Crippen LogP contribution in [0.15, 0.2) is 18.2 Å². The normalized spacial score (nSPS) is 16.6. The zero-order valence-electron chi connectivity index (χ0n) is 11.6. The lowest BCUT2D eigenvalue weighted by molar-refractivity contribution is 0.203. The summed E-state index contributed by atoms with van der Waals surface area (Å²) in [5.74, 6) is 0.822. The largest absolute Gasteiger partial charge is 0.397 e. The maximum Gasteiger partial charge on any atom is 0.0637 e. The Morgan fingerprint density at radius 3 is 2.72 bits per heavy atom. The quantitative estimate of drug-likeness (QED) is 0.787. The van der Waals surface area contributed by atoms with Crippen LogP contribution in [0.25, 0.3) is 0 Å². The van der Waals surface area contributed by atoms with Crippen molar-refractivity contribution in [3.05, 3.63) is 23.8 Å². The van der Waals surface area contributed by atoms with Gasteiger partial charge < -0.3 is 15.4 Å². The van der Waals surface area contributed by atoms with Gasteiger partial charge in [0.15, 0.2) is 0 Å². The van der Waals surface area contributed by atoms with Gasteiger partial charge in [-0.3, -0.25) is 0 Å². The third kappa shape index (κ3) is 2.96. The minimum absolute atomic E-state index is 0.546. The number of methoxy groups -OCH3 is 1. The molecule has 2 N–H and O–H groups in total. The lowest BCUT2D eigenvalue weighted by Crippen LogP contribution is -2.37. The second kappa shape index (κ2) is 5.61. The van der Waals surface area contributed by atoms with Crippen molar-refractivity contribution in [3.63, 3.8) is 0 Å². The minimum Gasteiger partial charge on any atom is -0.397 e. The first-order valence-electron chi connectivity index (χ1n) is 6.75. The number of rotatable bonds is 6. The predicted molar refractivity (Wildman–Crippen MR) is 77.0 cm³/mol. The maximum absolute atomic E-state index is 6.17. The molecule has 0 heterocycles. The summed E-state index contributed by atoms with van der Waals surface area (Å²) in [7, 11) is 1.75. The molecule has 0 aromatic heterocycles. The third-order valence-electron chi connectivity index (χ3n) is 3.82. The molecule has 0 radical (unpaired) electrons. The Labute approximate surface area is 110 Å². The monoisotopic (exact) mass is 248 g/mol. The summed E-state index contributed by atoms with van der Waals surface area (Å²) in [5, 5.41) is 0. The van der Waals surface area contributed by atoms with Crippen LogP contribution >= 0.6 is 0 Å². The van der Waals surface area contributed by atoms with Crippen molar-refractivity contribution in [2.45, 2.75) is 32.7 Å². The standard InChI is InChI=1S/C15H24N2O/c1-11-4-7-15(14(16)10-11)17(8-9-18-3)12(2)13-5-6-13/h4,7,10,12-13H,5-6,8-9,16H2,1-3H3. The van der Waals surface area contributed by atoms with Gasteiger partial charge in [-0.2, -0.15) is 0 Å². The molecule has 100 valence electrons. The van der Waals surface area contributed by atoms with Gasteiger partial charge in [-0.1, -0.05) is 6.07 Å². The zero-order valence-corrected chi connectivity index (χ0v) is 11.6. The summed E-state index contributed by atoms with van der Waals surface area (Å²) in [6.07, 6.45) is 2.69. The molecule has 3 heteroatoms. The fraction of sp³-hybridized carbons (Fsp3) is 0.600. The highest BCUT2D eigenvalue weighted by Gasteiger charge is 2.32. The van der Waals surface area contributed by atoms with Gasteiger partial charge in [0.05, 0.1) is 18.0 Å². The van der Waals surface area contributed by atoms with E-state index < -0.39 is 0 Å². The number of aryl methyl sites for hydroxylation is 1. The number of ether oxygens (including phenoxy) is 1. The molecule has 3 nitrogen and oxygen atoms in total. The number of nitrogens with two attached hydrogens (primary N) is 1. The number of hydrogen-bond donors (Lipinski definition) is 1. The molecule has 1 aliphatic carbocycles. The Kier molecular flexibility index (Phi) is 4.12. The first-order valence-corrected chi connectivity index (χ1v) is 6.75. The van der Waals surface area contributed by atoms with Crippen LogP contribution in [-0.2, 0) is 4.74 Å². The lowest BCUT2D eigenvalue weighted by Gasteiger charge is -2.32. The van der Waals surface area contributed by atoms with E-state index in [2.05, 4.69) is 36.9 Å². The lowest BCUT2D eigenvalue weighted by atomic mass is 10.1. The first-order chi connectivity index (χ1) is 8.63. The average molecular weight is 248 g/mol. The summed E-state index contributed by atoms with van der Waals surface area (Å²) in [4.78, 5) is 2.40. The van der Waals surface area contributed by atoms with Crippen molar-refractivity contribution in [1.29, 1.82) is 0 Å². The van der Waals surface area contributed by atoms with E-state index in [-0.39, 0.29) is 0 Å². The predicted octanol–water partition coefficient (Wildman–Crippen LogP) is 2.83. The molecule has 0 saturated heterocycles. The summed E-state index contributed by atoms with van der Waals surface area (Å²) in [5.41, 5.74) is 9.40. The van der Waals surface area contributed by atoms with Gasteiger partial charge in [0.25, 0.3) is 0 Å². The molecular weight excluding hydrogens is 224 g/mol. The molecule has 2 rings (SSSR count). The van der Waals surface area contributed by atoms with E-state index in [0.29, 0.717) is 6.04 Å². The van der Waals surface area contributed by atoms with Crippen molar-refractivity contribution in [2.24, 2.45) is 5.92 Å². The Morgan fingerprint density at radius 2 is 2.17 bits per heavy atom. The van der Waals surface area contributed by atoms with Crippen LogP contribution in [0.5, 0.6) is 0 Å². The molecule has 1 aromatic carbocycles. The van der Waals surface area contributed by atoms with E-state index in [9.17, 15) is 0 Å². The van der Waals surface area contributed by atoms with E-state index in [1.165, 1.54) is 18.4 Å². The van der Waals surface area contributed by atoms with E-state index in [1.807, 2.05) is 0 Å². The molecule has 1 aliphatic rings. The zero-order chi connectivity index (χ0) is 13.1. The number of hydrogen-bond acceptors (Lipinski definition) is 3. The Hall–Kier alpha value is -1.22. The molecule has 0 aliphatic heterocycles. The van der Waals surface area contributed by atoms with Gasteiger partial charge in [0.2, 0.25) is 0 Å². The van der Waals surface area contributed by atoms with E-state index in [4.69, 9.17) is 10.5 Å². The molecule has 1 atom stereocenters. The average Bonchev–Trinajstić information content (AvgIpc) is 3.15. The highest BCUT2D eigenvalue weighted by molar-refractivity contribution is 5.69. The van der Waals surface area contributed by atoms with E-state index in [0.717, 1.165) is 30.4 Å². The fourth-order valence-electron chi connectivity index (χ4n) is 2.50. The highest BCUT2D eigenvalue weighted by atomic mass is 16.5. The van der Waals surface area contributed by atoms with Gasteiger partial charge in [-0.05, 0) is 50.3 Å². The summed E-state index contributed by atoms with van der Waals surface area (Å²) in [6.45, 7) is 6.02. The van der Waals surface area contributed by atoms with Crippen molar-refractivity contribution in [3.8, 4) is 0 Å². The number of nitrogen functional groups attached to an aromatic ring is 1. The smallest absolute Gasteiger partial charge is 0.0637 e. The topological polar surface area (TPSA) is 38.5 Å². The molecule has 18 heavy (non-hydrogen) atoms. The highest BCUT2D eigenvalue weighted by Crippen LogP contribution is 2.38. The molecule has 0 amide bonds. The van der Waals surface area contributed by atoms with Gasteiger partial charge in [0, 0.05) is 19.7 Å². The first kappa shape index (κ1) is 13.2. The van der Waals surface area contributed by atoms with Crippen molar-refractivity contribution in [1.82, 2.24) is 0 Å². The maximum atomic E-state index is 6.17. The van der Waals surface area contributed by atoms with E-state index >= 15 is 0 Å². The molecular formula is C15H24N2O. The van der Waals surface area contributed by atoms with Gasteiger partial charge >= 0.3 is 0 Å². The molecule has 0 bridgehead atoms. The van der Waals surface area contributed by atoms with Gasteiger partial charge in [0.1, 0.15) is 0 Å². The van der Waals surface area contributed by atoms with Crippen LogP contribution in [0.4, 0.5) is 11.4 Å². The summed E-state index contributed by atoms with van der Waals surface area (Å²) >= 11 is 0. The minimum atomic E-state index is 0.546. The molecule has 1 unspecified atom stereocenters. The third-order valence-corrected chi connectivity index (χ3v) is 3.82.